The molecule has 1 heterocycles. The van der Waals surface area contributed by atoms with Gasteiger partial charge in [0.1, 0.15) is 0 Å². The van der Waals surface area contributed by atoms with Crippen LogP contribution in [0.15, 0.2) is 12.7 Å². The molecule has 0 aromatic heterocycles. The number of rotatable bonds is 4. The lowest BCUT2D eigenvalue weighted by molar-refractivity contribution is 0.0602. The fourth-order valence-corrected chi connectivity index (χ4v) is 1.45. The van der Waals surface area contributed by atoms with Gasteiger partial charge in [0.15, 0.2) is 0 Å². The van der Waals surface area contributed by atoms with E-state index in [0.717, 1.165) is 26.1 Å². The van der Waals surface area contributed by atoms with Gasteiger partial charge in [-0.15, -0.1) is 19.0 Å². The Hall–Kier alpha value is -0.0900. The molecule has 3 nitrogen and oxygen atoms in total. The lowest BCUT2D eigenvalue weighted by atomic mass is 9.99. The largest absolute Gasteiger partial charge is 0.392 e. The molecule has 78 valence electrons. The lowest BCUT2D eigenvalue weighted by Crippen LogP contribution is -2.40. The van der Waals surface area contributed by atoms with Crippen LogP contribution in [0, 0.1) is 5.92 Å². The second-order valence-electron chi connectivity index (χ2n) is 3.24. The Labute approximate surface area is 85.6 Å². The van der Waals surface area contributed by atoms with Crippen molar-refractivity contribution in [2.75, 3.05) is 26.3 Å². The molecule has 1 aliphatic rings. The Morgan fingerprint density at radius 2 is 2.31 bits per heavy atom. The van der Waals surface area contributed by atoms with Crippen molar-refractivity contribution in [2.45, 2.75) is 12.5 Å². The van der Waals surface area contributed by atoms with Gasteiger partial charge in [-0.1, -0.05) is 6.08 Å². The number of β-amino-alcohol motifs (C(OH)–C–C–N with tert-alkyl or cyclic N) is 1. The molecule has 0 radical (unpaired) electrons. The molecule has 1 aliphatic heterocycles. The van der Waals surface area contributed by atoms with Crippen LogP contribution in [0.1, 0.15) is 6.42 Å². The summed E-state index contributed by atoms with van der Waals surface area (Å²) >= 11 is 0. The summed E-state index contributed by atoms with van der Waals surface area (Å²) in [5, 5.41) is 12.5. The van der Waals surface area contributed by atoms with Crippen LogP contribution in [0.4, 0.5) is 0 Å². The van der Waals surface area contributed by atoms with E-state index in [9.17, 15) is 5.11 Å². The molecule has 0 aromatic carbocycles. The molecule has 1 fully saturated rings. The van der Waals surface area contributed by atoms with Gasteiger partial charge in [0.2, 0.25) is 0 Å². The van der Waals surface area contributed by atoms with E-state index < -0.39 is 0 Å². The predicted octanol–water partition coefficient (Wildman–Crippen LogP) is 0.581. The summed E-state index contributed by atoms with van der Waals surface area (Å²) in [6.07, 6.45) is 2.40. The Morgan fingerprint density at radius 1 is 1.54 bits per heavy atom. The SMILES string of the molecule is C=CCOC[C@H]1CNC[C@@H](O)C1.Cl. The van der Waals surface area contributed by atoms with Gasteiger partial charge in [0, 0.05) is 13.1 Å². The molecule has 0 amide bonds. The molecular formula is C9H18ClNO2. The van der Waals surface area contributed by atoms with Gasteiger partial charge in [0.05, 0.1) is 19.3 Å². The summed E-state index contributed by atoms with van der Waals surface area (Å²) < 4.78 is 5.30. The standard InChI is InChI=1S/C9H17NO2.ClH/c1-2-3-12-7-8-4-9(11)6-10-5-8;/h2,8-11H,1,3-7H2;1H/t8-,9+;/m1./s1. The molecule has 4 heteroatoms. The Morgan fingerprint density at radius 3 is 2.92 bits per heavy atom. The summed E-state index contributed by atoms with van der Waals surface area (Å²) in [5.74, 6) is 0.452. The van der Waals surface area contributed by atoms with Crippen molar-refractivity contribution in [3.05, 3.63) is 12.7 Å². The van der Waals surface area contributed by atoms with Crippen molar-refractivity contribution in [3.63, 3.8) is 0 Å². The maximum atomic E-state index is 9.30. The highest BCUT2D eigenvalue weighted by atomic mass is 35.5. The molecule has 1 rings (SSSR count). The minimum Gasteiger partial charge on any atom is -0.392 e. The van der Waals surface area contributed by atoms with E-state index in [0.29, 0.717) is 12.5 Å². The maximum absolute atomic E-state index is 9.30. The summed E-state index contributed by atoms with van der Waals surface area (Å²) in [6.45, 7) is 6.56. The summed E-state index contributed by atoms with van der Waals surface area (Å²) in [7, 11) is 0. The normalized spacial score (nSPS) is 27.8. The number of halogens is 1. The van der Waals surface area contributed by atoms with E-state index in [-0.39, 0.29) is 18.5 Å². The van der Waals surface area contributed by atoms with Crippen LogP contribution < -0.4 is 5.32 Å². The fraction of sp³-hybridized carbons (Fsp3) is 0.778. The van der Waals surface area contributed by atoms with Gasteiger partial charge in [-0.05, 0) is 12.3 Å². The monoisotopic (exact) mass is 207 g/mol. The van der Waals surface area contributed by atoms with E-state index in [1.807, 2.05) is 0 Å². The Bertz CT molecular complexity index is 144. The van der Waals surface area contributed by atoms with Crippen LogP contribution in [0.3, 0.4) is 0 Å². The third-order valence-electron chi connectivity index (χ3n) is 2.01. The van der Waals surface area contributed by atoms with Crippen molar-refractivity contribution < 1.29 is 9.84 Å². The molecule has 2 atom stereocenters. The number of aliphatic hydroxyl groups is 1. The van der Waals surface area contributed by atoms with Gasteiger partial charge in [0.25, 0.3) is 0 Å². The predicted molar refractivity (Wildman–Crippen MR) is 55.2 cm³/mol. The average molecular weight is 208 g/mol. The maximum Gasteiger partial charge on any atom is 0.0668 e. The minimum absolute atomic E-state index is 0. The van der Waals surface area contributed by atoms with Crippen LogP contribution in [0.25, 0.3) is 0 Å². The molecule has 0 spiro atoms. The smallest absolute Gasteiger partial charge is 0.0668 e. The Kier molecular flexibility index (Phi) is 7.28. The van der Waals surface area contributed by atoms with E-state index >= 15 is 0 Å². The quantitative estimate of drug-likeness (QED) is 0.524. The van der Waals surface area contributed by atoms with Crippen molar-refractivity contribution in [3.8, 4) is 0 Å². The second kappa shape index (κ2) is 7.33. The molecule has 0 aliphatic carbocycles. The number of aliphatic hydroxyl groups excluding tert-OH is 1. The highest BCUT2D eigenvalue weighted by Crippen LogP contribution is 2.10. The summed E-state index contributed by atoms with van der Waals surface area (Å²) in [5.41, 5.74) is 0. The van der Waals surface area contributed by atoms with Crippen LogP contribution >= 0.6 is 12.4 Å². The summed E-state index contributed by atoms with van der Waals surface area (Å²) in [6, 6.07) is 0. The van der Waals surface area contributed by atoms with E-state index in [2.05, 4.69) is 11.9 Å². The highest BCUT2D eigenvalue weighted by Gasteiger charge is 2.19. The zero-order chi connectivity index (χ0) is 8.81. The fourth-order valence-electron chi connectivity index (χ4n) is 1.45. The topological polar surface area (TPSA) is 41.5 Å². The van der Waals surface area contributed by atoms with Gasteiger partial charge in [-0.25, -0.2) is 0 Å². The molecule has 0 bridgehead atoms. The average Bonchev–Trinajstić information content (AvgIpc) is 2.05. The number of hydrogen-bond acceptors (Lipinski definition) is 3. The summed E-state index contributed by atoms with van der Waals surface area (Å²) in [4.78, 5) is 0. The second-order valence-corrected chi connectivity index (χ2v) is 3.24. The van der Waals surface area contributed by atoms with Gasteiger partial charge < -0.3 is 15.2 Å². The van der Waals surface area contributed by atoms with Crippen molar-refractivity contribution >= 4 is 12.4 Å². The van der Waals surface area contributed by atoms with Crippen LogP contribution in [0.5, 0.6) is 0 Å². The third-order valence-corrected chi connectivity index (χ3v) is 2.01. The number of ether oxygens (including phenoxy) is 1. The van der Waals surface area contributed by atoms with Crippen molar-refractivity contribution in [1.29, 1.82) is 0 Å². The number of piperidine rings is 1. The first kappa shape index (κ1) is 12.9. The first-order chi connectivity index (χ1) is 5.83. The van der Waals surface area contributed by atoms with E-state index in [4.69, 9.17) is 4.74 Å². The van der Waals surface area contributed by atoms with Crippen LogP contribution in [-0.4, -0.2) is 37.5 Å². The first-order valence-corrected chi connectivity index (χ1v) is 4.40. The van der Waals surface area contributed by atoms with E-state index in [1.54, 1.807) is 6.08 Å². The molecule has 1 saturated heterocycles. The molecule has 0 aromatic rings. The number of nitrogens with one attached hydrogen (secondary N) is 1. The molecule has 13 heavy (non-hydrogen) atoms. The lowest BCUT2D eigenvalue weighted by Gasteiger charge is -2.26. The van der Waals surface area contributed by atoms with Crippen LogP contribution in [0.2, 0.25) is 0 Å². The van der Waals surface area contributed by atoms with E-state index in [1.165, 1.54) is 0 Å². The van der Waals surface area contributed by atoms with Crippen molar-refractivity contribution in [2.24, 2.45) is 5.92 Å². The number of hydrogen-bond donors (Lipinski definition) is 2. The first-order valence-electron chi connectivity index (χ1n) is 4.40. The van der Waals surface area contributed by atoms with Gasteiger partial charge in [-0.3, -0.25) is 0 Å². The van der Waals surface area contributed by atoms with Gasteiger partial charge in [-0.2, -0.15) is 0 Å². The molecular weight excluding hydrogens is 190 g/mol. The minimum atomic E-state index is -0.198. The Balaban J connectivity index is 0.00000144. The molecule has 0 saturated carbocycles. The molecule has 0 unspecified atom stereocenters. The molecule has 2 N–H and O–H groups in total. The zero-order valence-electron chi connectivity index (χ0n) is 7.74. The highest BCUT2D eigenvalue weighted by molar-refractivity contribution is 5.85. The third kappa shape index (κ3) is 5.26. The van der Waals surface area contributed by atoms with Crippen LogP contribution in [-0.2, 0) is 4.74 Å². The van der Waals surface area contributed by atoms with Gasteiger partial charge >= 0.3 is 0 Å². The zero-order valence-corrected chi connectivity index (χ0v) is 8.55. The van der Waals surface area contributed by atoms with Crippen molar-refractivity contribution in [1.82, 2.24) is 5.32 Å².